The van der Waals surface area contributed by atoms with E-state index in [1.807, 2.05) is 12.2 Å². The number of hydrogen-bond donors (Lipinski definition) is 1. The van der Waals surface area contributed by atoms with Crippen LogP contribution in [0.1, 0.15) is 36.5 Å². The minimum Gasteiger partial charge on any atom is -0.463 e. The number of benzene rings is 1. The van der Waals surface area contributed by atoms with Gasteiger partial charge in [-0.1, -0.05) is 12.2 Å². The molecule has 3 rings (SSSR count). The number of ether oxygens (including phenoxy) is 3. The summed E-state index contributed by atoms with van der Waals surface area (Å²) in [5.41, 5.74) is 0.241. The lowest BCUT2D eigenvalue weighted by molar-refractivity contribution is -0.166. The molecule has 1 aromatic carbocycles. The lowest BCUT2D eigenvalue weighted by Crippen LogP contribution is -2.38. The van der Waals surface area contributed by atoms with Crippen molar-refractivity contribution in [2.45, 2.75) is 32.3 Å². The maximum Gasteiger partial charge on any atom is 0.355 e. The van der Waals surface area contributed by atoms with E-state index in [9.17, 15) is 14.4 Å². The van der Waals surface area contributed by atoms with E-state index in [1.165, 1.54) is 0 Å². The Balaban J connectivity index is 1.70. The minimum absolute atomic E-state index is 0.0848. The SMILES string of the molecule is CCOC(=O)C(OC(=O)C1CCNC1)C(=O)c1ccc(OC2=CC=CCC2)cc1. The predicted molar refractivity (Wildman–Crippen MR) is 105 cm³/mol. The van der Waals surface area contributed by atoms with Gasteiger partial charge in [-0.3, -0.25) is 9.59 Å². The molecule has 0 radical (unpaired) electrons. The molecule has 1 aromatic rings. The number of esters is 2. The van der Waals surface area contributed by atoms with Crippen molar-refractivity contribution in [2.24, 2.45) is 5.92 Å². The largest absolute Gasteiger partial charge is 0.463 e. The Morgan fingerprint density at radius 2 is 2.00 bits per heavy atom. The first-order valence-corrected chi connectivity index (χ1v) is 9.84. The number of ketones is 1. The summed E-state index contributed by atoms with van der Waals surface area (Å²) in [4.78, 5) is 37.4. The van der Waals surface area contributed by atoms with Crippen LogP contribution in [0.15, 0.2) is 48.3 Å². The van der Waals surface area contributed by atoms with E-state index >= 15 is 0 Å². The summed E-state index contributed by atoms with van der Waals surface area (Å²) in [5.74, 6) is -0.989. The smallest absolute Gasteiger partial charge is 0.355 e. The van der Waals surface area contributed by atoms with Crippen molar-refractivity contribution < 1.29 is 28.6 Å². The lowest BCUT2D eigenvalue weighted by atomic mass is 10.1. The van der Waals surface area contributed by atoms with Crippen molar-refractivity contribution in [3.63, 3.8) is 0 Å². The number of Topliss-reactive ketones (excluding diaryl/α,β-unsaturated/α-hetero) is 1. The Morgan fingerprint density at radius 1 is 1.21 bits per heavy atom. The highest BCUT2D eigenvalue weighted by Crippen LogP contribution is 2.21. The summed E-state index contributed by atoms with van der Waals surface area (Å²) in [6, 6.07) is 6.40. The zero-order chi connectivity index (χ0) is 20.6. The van der Waals surface area contributed by atoms with E-state index in [4.69, 9.17) is 14.2 Å². The highest BCUT2D eigenvalue weighted by atomic mass is 16.6. The highest BCUT2D eigenvalue weighted by molar-refractivity contribution is 6.12. The van der Waals surface area contributed by atoms with Gasteiger partial charge in [-0.2, -0.15) is 0 Å². The molecule has 0 spiro atoms. The quantitative estimate of drug-likeness (QED) is 0.408. The number of allylic oxidation sites excluding steroid dienone is 4. The fraction of sp³-hybridized carbons (Fsp3) is 0.409. The average Bonchev–Trinajstić information content (AvgIpc) is 3.28. The Kier molecular flexibility index (Phi) is 7.19. The third-order valence-electron chi connectivity index (χ3n) is 4.73. The van der Waals surface area contributed by atoms with Crippen LogP contribution in [-0.4, -0.2) is 43.5 Å². The van der Waals surface area contributed by atoms with Gasteiger partial charge in [0, 0.05) is 18.5 Å². The van der Waals surface area contributed by atoms with E-state index in [2.05, 4.69) is 11.4 Å². The highest BCUT2D eigenvalue weighted by Gasteiger charge is 2.35. The number of hydrogen-bond acceptors (Lipinski definition) is 7. The van der Waals surface area contributed by atoms with Crippen molar-refractivity contribution >= 4 is 17.7 Å². The fourth-order valence-electron chi connectivity index (χ4n) is 3.15. The monoisotopic (exact) mass is 399 g/mol. The van der Waals surface area contributed by atoms with Gasteiger partial charge in [0.1, 0.15) is 11.5 Å². The third-order valence-corrected chi connectivity index (χ3v) is 4.73. The number of carbonyl (C=O) groups is 3. The average molecular weight is 399 g/mol. The topological polar surface area (TPSA) is 90.9 Å². The van der Waals surface area contributed by atoms with Gasteiger partial charge in [-0.05, 0) is 56.7 Å². The number of rotatable bonds is 8. The van der Waals surface area contributed by atoms with E-state index in [1.54, 1.807) is 31.2 Å². The summed E-state index contributed by atoms with van der Waals surface area (Å²) in [7, 11) is 0. The van der Waals surface area contributed by atoms with Gasteiger partial charge >= 0.3 is 11.9 Å². The molecule has 0 amide bonds. The molecule has 1 aliphatic carbocycles. The molecule has 1 fully saturated rings. The zero-order valence-electron chi connectivity index (χ0n) is 16.4. The van der Waals surface area contributed by atoms with Gasteiger partial charge in [0.15, 0.2) is 0 Å². The van der Waals surface area contributed by atoms with E-state index in [0.29, 0.717) is 25.3 Å². The molecule has 7 nitrogen and oxygen atoms in total. The molecule has 1 saturated heterocycles. The van der Waals surface area contributed by atoms with Gasteiger partial charge < -0.3 is 19.5 Å². The molecule has 154 valence electrons. The lowest BCUT2D eigenvalue weighted by Gasteiger charge is -2.18. The Hall–Kier alpha value is -2.93. The molecule has 1 aliphatic heterocycles. The molecule has 0 bridgehead atoms. The second kappa shape index (κ2) is 10.0. The van der Waals surface area contributed by atoms with Crippen LogP contribution in [0, 0.1) is 5.92 Å². The van der Waals surface area contributed by atoms with Crippen LogP contribution in [-0.2, 0) is 19.1 Å². The molecule has 7 heteroatoms. The first kappa shape index (κ1) is 20.8. The summed E-state index contributed by atoms with van der Waals surface area (Å²) < 4.78 is 16.0. The molecule has 2 atom stereocenters. The van der Waals surface area contributed by atoms with Crippen molar-refractivity contribution in [1.82, 2.24) is 5.32 Å². The van der Waals surface area contributed by atoms with Crippen LogP contribution in [0.5, 0.6) is 5.75 Å². The molecule has 29 heavy (non-hydrogen) atoms. The molecule has 2 unspecified atom stereocenters. The molecule has 1 heterocycles. The second-order valence-electron chi connectivity index (χ2n) is 6.85. The zero-order valence-corrected chi connectivity index (χ0v) is 16.4. The Morgan fingerprint density at radius 3 is 2.62 bits per heavy atom. The van der Waals surface area contributed by atoms with Crippen LogP contribution in [0.3, 0.4) is 0 Å². The Bertz CT molecular complexity index is 805. The molecular weight excluding hydrogens is 374 g/mol. The van der Waals surface area contributed by atoms with Gasteiger partial charge in [0.05, 0.1) is 12.5 Å². The van der Waals surface area contributed by atoms with Crippen LogP contribution < -0.4 is 10.1 Å². The van der Waals surface area contributed by atoms with Gasteiger partial charge in [0.2, 0.25) is 5.78 Å². The van der Waals surface area contributed by atoms with Gasteiger partial charge in [-0.25, -0.2) is 4.79 Å². The first-order valence-electron chi connectivity index (χ1n) is 9.84. The van der Waals surface area contributed by atoms with E-state index in [-0.39, 0.29) is 18.1 Å². The maximum absolute atomic E-state index is 12.9. The molecule has 0 saturated carbocycles. The maximum atomic E-state index is 12.9. The molecular formula is C22H25NO6. The van der Waals surface area contributed by atoms with Crippen molar-refractivity contribution in [2.75, 3.05) is 19.7 Å². The normalized spacial score (nSPS) is 19.2. The summed E-state index contributed by atoms with van der Waals surface area (Å²) >= 11 is 0. The predicted octanol–water partition coefficient (Wildman–Crippen LogP) is 2.57. The summed E-state index contributed by atoms with van der Waals surface area (Å²) in [5, 5.41) is 3.06. The fourth-order valence-corrected chi connectivity index (χ4v) is 3.15. The summed E-state index contributed by atoms with van der Waals surface area (Å²) in [6.45, 7) is 2.88. The van der Waals surface area contributed by atoms with Crippen LogP contribution in [0.4, 0.5) is 0 Å². The Labute approximate surface area is 169 Å². The number of nitrogens with one attached hydrogen (secondary N) is 1. The summed E-state index contributed by atoms with van der Waals surface area (Å²) in [6.07, 6.45) is 6.64. The minimum atomic E-state index is -1.61. The molecule has 0 aromatic heterocycles. The van der Waals surface area contributed by atoms with Crippen LogP contribution >= 0.6 is 0 Å². The van der Waals surface area contributed by atoms with Crippen LogP contribution in [0.2, 0.25) is 0 Å². The number of carbonyl (C=O) groups excluding carboxylic acids is 3. The van der Waals surface area contributed by atoms with Gasteiger partial charge in [0.25, 0.3) is 6.10 Å². The molecule has 2 aliphatic rings. The standard InChI is InChI=1S/C22H25NO6/c1-2-27-22(26)20(29-21(25)16-12-13-23-14-16)19(24)15-8-10-18(11-9-15)28-17-6-4-3-5-7-17/h3-4,6,8-11,16,20,23H,2,5,7,12-14H2,1H3. The van der Waals surface area contributed by atoms with Crippen molar-refractivity contribution in [3.8, 4) is 5.75 Å². The molecule has 1 N–H and O–H groups in total. The first-order chi connectivity index (χ1) is 14.1. The van der Waals surface area contributed by atoms with Gasteiger partial charge in [-0.15, -0.1) is 0 Å². The van der Waals surface area contributed by atoms with E-state index < -0.39 is 23.8 Å². The third kappa shape index (κ3) is 5.54. The van der Waals surface area contributed by atoms with E-state index in [0.717, 1.165) is 18.6 Å². The second-order valence-corrected chi connectivity index (χ2v) is 6.85. The van der Waals surface area contributed by atoms with Crippen molar-refractivity contribution in [1.29, 1.82) is 0 Å². The van der Waals surface area contributed by atoms with Crippen molar-refractivity contribution in [3.05, 3.63) is 53.8 Å². The van der Waals surface area contributed by atoms with Crippen LogP contribution in [0.25, 0.3) is 0 Å².